The quantitative estimate of drug-likeness (QED) is 0.197. The van der Waals surface area contributed by atoms with Gasteiger partial charge >= 0.3 is 5.97 Å². The molecule has 4 aromatic carbocycles. The lowest BCUT2D eigenvalue weighted by Gasteiger charge is -2.25. The highest BCUT2D eigenvalue weighted by Gasteiger charge is 2.32. The van der Waals surface area contributed by atoms with Gasteiger partial charge in [-0.05, 0) is 77.6 Å². The molecule has 8 nitrogen and oxygen atoms in total. The van der Waals surface area contributed by atoms with Crippen molar-refractivity contribution in [3.63, 3.8) is 0 Å². The van der Waals surface area contributed by atoms with Gasteiger partial charge in [-0.2, -0.15) is 0 Å². The number of aromatic nitrogens is 1. The molecule has 9 heteroatoms. The third kappa shape index (κ3) is 6.85. The molecule has 0 spiro atoms. The molecular weight excluding hydrogens is 611 g/mol. The fourth-order valence-corrected chi connectivity index (χ4v) is 6.53. The number of carboxylic acid groups (broad SMARTS) is 1. The predicted octanol–water partition coefficient (Wildman–Crippen LogP) is 6.27. The highest BCUT2D eigenvalue weighted by Crippen LogP contribution is 2.31. The van der Waals surface area contributed by atoms with Crippen LogP contribution in [0.15, 0.2) is 124 Å². The zero-order valence-electron chi connectivity index (χ0n) is 26.1. The van der Waals surface area contributed by atoms with Crippen LogP contribution in [0.1, 0.15) is 65.3 Å². The number of nitrogens with zero attached hydrogens (tertiary/aromatic N) is 2. The zero-order valence-corrected chi connectivity index (χ0v) is 27.0. The second-order valence-electron chi connectivity index (χ2n) is 11.6. The minimum atomic E-state index is -0.987. The van der Waals surface area contributed by atoms with Crippen molar-refractivity contribution in [3.05, 3.63) is 162 Å². The second-order valence-corrected chi connectivity index (χ2v) is 12.6. The van der Waals surface area contributed by atoms with Gasteiger partial charge in [0.25, 0.3) is 11.5 Å². The molecule has 0 unspecified atom stereocenters. The highest BCUT2D eigenvalue weighted by atomic mass is 32.1. The number of rotatable bonds is 9. The van der Waals surface area contributed by atoms with Crippen molar-refractivity contribution in [1.82, 2.24) is 4.57 Å². The first-order chi connectivity index (χ1) is 22.7. The Kier molecular flexibility index (Phi) is 8.99. The van der Waals surface area contributed by atoms with E-state index >= 15 is 0 Å². The molecule has 0 bridgehead atoms. The van der Waals surface area contributed by atoms with E-state index in [0.29, 0.717) is 38.0 Å². The molecule has 0 aliphatic carbocycles. The van der Waals surface area contributed by atoms with Gasteiger partial charge in [0, 0.05) is 5.69 Å². The maximum atomic E-state index is 14.1. The molecule has 236 valence electrons. The van der Waals surface area contributed by atoms with Crippen LogP contribution in [0.3, 0.4) is 0 Å². The van der Waals surface area contributed by atoms with Gasteiger partial charge < -0.3 is 15.2 Å². The van der Waals surface area contributed by atoms with E-state index in [0.717, 1.165) is 16.7 Å². The lowest BCUT2D eigenvalue weighted by atomic mass is 9.93. The van der Waals surface area contributed by atoms with Crippen molar-refractivity contribution in [2.45, 2.75) is 39.3 Å². The van der Waals surface area contributed by atoms with Crippen molar-refractivity contribution in [2.75, 3.05) is 5.32 Å². The number of benzene rings is 4. The number of para-hydroxylation sites is 1. The molecule has 5 aromatic rings. The molecule has 0 saturated heterocycles. The number of hydrogen-bond acceptors (Lipinski definition) is 6. The van der Waals surface area contributed by atoms with Gasteiger partial charge in [-0.3, -0.25) is 14.2 Å². The molecular formula is C38H33N3O5S. The summed E-state index contributed by atoms with van der Waals surface area (Å²) in [6.45, 7) is 6.28. The van der Waals surface area contributed by atoms with Crippen LogP contribution in [-0.2, 0) is 11.4 Å². The van der Waals surface area contributed by atoms with Crippen LogP contribution in [0.25, 0.3) is 6.08 Å². The summed E-state index contributed by atoms with van der Waals surface area (Å²) in [6.07, 6.45) is 1.81. The molecule has 1 amide bonds. The number of aromatic carboxylic acids is 1. The van der Waals surface area contributed by atoms with Crippen LogP contribution in [0.5, 0.6) is 5.75 Å². The van der Waals surface area contributed by atoms with E-state index in [1.165, 1.54) is 23.0 Å². The third-order valence-electron chi connectivity index (χ3n) is 7.97. The first-order valence-corrected chi connectivity index (χ1v) is 16.0. The number of nitrogens with one attached hydrogen (secondary N) is 1. The fraction of sp³-hybridized carbons (Fsp3) is 0.158. The highest BCUT2D eigenvalue weighted by molar-refractivity contribution is 7.07. The maximum absolute atomic E-state index is 14.1. The molecule has 1 aliphatic heterocycles. The van der Waals surface area contributed by atoms with E-state index in [9.17, 15) is 19.5 Å². The summed E-state index contributed by atoms with van der Waals surface area (Å²) in [6, 6.07) is 30.6. The number of anilines is 1. The number of carbonyl (C=O) groups is 2. The van der Waals surface area contributed by atoms with E-state index in [-0.39, 0.29) is 23.6 Å². The standard InChI is InChI=1S/C38H33N3O5S/c1-23(2)27-14-16-28(17-15-27)34-33(35(42)40-30-10-5-4-6-11-30)24(3)39-38-41(34)36(43)32(47-38)21-25-12-18-31(19-13-25)46-22-26-8-7-9-29(20-26)37(44)45/h4-21,23,34H,22H2,1-3H3,(H,40,42)(H,44,45)/b32-21-/t34-/m1/s1. The molecule has 1 aliphatic rings. The number of hydrogen-bond donors (Lipinski definition) is 2. The first-order valence-electron chi connectivity index (χ1n) is 15.2. The van der Waals surface area contributed by atoms with Gasteiger partial charge in [-0.15, -0.1) is 0 Å². The lowest BCUT2D eigenvalue weighted by molar-refractivity contribution is -0.113. The molecule has 47 heavy (non-hydrogen) atoms. The lowest BCUT2D eigenvalue weighted by Crippen LogP contribution is -2.40. The number of thiazole rings is 1. The monoisotopic (exact) mass is 643 g/mol. The Hall–Kier alpha value is -5.54. The summed E-state index contributed by atoms with van der Waals surface area (Å²) in [7, 11) is 0. The molecule has 2 N–H and O–H groups in total. The minimum absolute atomic E-state index is 0.205. The van der Waals surface area contributed by atoms with Crippen molar-refractivity contribution >= 4 is 35.0 Å². The Morgan fingerprint density at radius 2 is 1.70 bits per heavy atom. The predicted molar refractivity (Wildman–Crippen MR) is 184 cm³/mol. The molecule has 1 atom stereocenters. The Morgan fingerprint density at radius 1 is 0.979 bits per heavy atom. The molecule has 1 aromatic heterocycles. The normalized spacial score (nSPS) is 14.5. The van der Waals surface area contributed by atoms with Gasteiger partial charge in [0.2, 0.25) is 0 Å². The molecule has 6 rings (SSSR count). The summed E-state index contributed by atoms with van der Waals surface area (Å²) < 4.78 is 7.98. The average Bonchev–Trinajstić information content (AvgIpc) is 3.37. The number of carbonyl (C=O) groups excluding carboxylic acids is 1. The zero-order chi connectivity index (χ0) is 33.1. The van der Waals surface area contributed by atoms with Crippen LogP contribution >= 0.6 is 11.3 Å². The Morgan fingerprint density at radius 3 is 2.38 bits per heavy atom. The summed E-state index contributed by atoms with van der Waals surface area (Å²) in [5, 5.41) is 12.2. The summed E-state index contributed by atoms with van der Waals surface area (Å²) in [5.74, 6) is -0.350. The van der Waals surface area contributed by atoms with Gasteiger partial charge in [0.1, 0.15) is 12.4 Å². The van der Waals surface area contributed by atoms with Crippen molar-refractivity contribution in [3.8, 4) is 5.75 Å². The first kappa shape index (κ1) is 31.4. The number of ether oxygens (including phenoxy) is 1. The summed E-state index contributed by atoms with van der Waals surface area (Å²) in [4.78, 5) is 44.4. The van der Waals surface area contributed by atoms with E-state index < -0.39 is 12.0 Å². The molecule has 2 heterocycles. The largest absolute Gasteiger partial charge is 0.489 e. The Bertz CT molecular complexity index is 2160. The van der Waals surface area contributed by atoms with Crippen LogP contribution < -0.4 is 24.9 Å². The van der Waals surface area contributed by atoms with Gasteiger partial charge in [-0.25, -0.2) is 9.79 Å². The Labute approximate surface area is 275 Å². The maximum Gasteiger partial charge on any atom is 0.335 e. The average molecular weight is 644 g/mol. The smallest absolute Gasteiger partial charge is 0.335 e. The van der Waals surface area contributed by atoms with Gasteiger partial charge in [0.15, 0.2) is 4.80 Å². The topological polar surface area (TPSA) is 110 Å². The van der Waals surface area contributed by atoms with E-state index in [4.69, 9.17) is 9.73 Å². The number of carboxylic acids is 1. The molecule has 0 saturated carbocycles. The third-order valence-corrected chi connectivity index (χ3v) is 8.96. The van der Waals surface area contributed by atoms with Crippen molar-refractivity contribution in [2.24, 2.45) is 4.99 Å². The van der Waals surface area contributed by atoms with Gasteiger partial charge in [-0.1, -0.05) is 91.9 Å². The minimum Gasteiger partial charge on any atom is -0.489 e. The SMILES string of the molecule is CC1=C(C(=O)Nc2ccccc2)[C@@H](c2ccc(C(C)C)cc2)n2c(s/c(=C\c3ccc(OCc4cccc(C(=O)O)c4)cc3)c2=O)=N1. The molecule has 0 radical (unpaired) electrons. The Balaban J connectivity index is 1.32. The van der Waals surface area contributed by atoms with Crippen molar-refractivity contribution < 1.29 is 19.4 Å². The van der Waals surface area contributed by atoms with Gasteiger partial charge in [0.05, 0.1) is 27.4 Å². The van der Waals surface area contributed by atoms with E-state index in [1.54, 1.807) is 28.8 Å². The number of amides is 1. The van der Waals surface area contributed by atoms with E-state index in [1.807, 2.05) is 85.8 Å². The van der Waals surface area contributed by atoms with Crippen LogP contribution in [0.4, 0.5) is 5.69 Å². The number of fused-ring (bicyclic) bond motifs is 1. The number of allylic oxidation sites excluding steroid dienone is 1. The molecule has 0 fully saturated rings. The van der Waals surface area contributed by atoms with Crippen molar-refractivity contribution in [1.29, 1.82) is 0 Å². The van der Waals surface area contributed by atoms with Crippen LogP contribution in [0, 0.1) is 0 Å². The summed E-state index contributed by atoms with van der Waals surface area (Å²) >= 11 is 1.28. The van der Waals surface area contributed by atoms with Crippen LogP contribution in [0.2, 0.25) is 0 Å². The van der Waals surface area contributed by atoms with E-state index in [2.05, 4.69) is 19.2 Å². The fourth-order valence-electron chi connectivity index (χ4n) is 5.48. The second kappa shape index (κ2) is 13.4. The summed E-state index contributed by atoms with van der Waals surface area (Å²) in [5.41, 5.74) is 5.13. The van der Waals surface area contributed by atoms with Crippen LogP contribution in [-0.4, -0.2) is 21.6 Å².